The molecule has 0 saturated heterocycles. The van der Waals surface area contributed by atoms with Gasteiger partial charge < -0.3 is 10.1 Å². The smallest absolute Gasteiger partial charge is 0.179 e. The fourth-order valence-corrected chi connectivity index (χ4v) is 2.22. The fraction of sp³-hybridized carbons (Fsp3) is 0.562. The van der Waals surface area contributed by atoms with E-state index >= 15 is 0 Å². The van der Waals surface area contributed by atoms with Gasteiger partial charge in [-0.1, -0.05) is 20.8 Å². The summed E-state index contributed by atoms with van der Waals surface area (Å²) in [5.74, 6) is 1.33. The third-order valence-electron chi connectivity index (χ3n) is 3.37. The minimum atomic E-state index is -0.155. The van der Waals surface area contributed by atoms with E-state index in [-0.39, 0.29) is 11.8 Å². The highest BCUT2D eigenvalue weighted by atomic mass is 16.5. The molecular formula is C16H25NO2. The average molecular weight is 263 g/mol. The molecule has 0 radical (unpaired) electrons. The van der Waals surface area contributed by atoms with E-state index in [0.717, 1.165) is 29.0 Å². The van der Waals surface area contributed by atoms with Crippen LogP contribution in [0.5, 0.6) is 5.75 Å². The van der Waals surface area contributed by atoms with Crippen LogP contribution in [0.15, 0.2) is 12.1 Å². The molecule has 1 N–H and O–H groups in total. The van der Waals surface area contributed by atoms with Crippen molar-refractivity contribution >= 4 is 5.78 Å². The zero-order valence-corrected chi connectivity index (χ0v) is 12.8. The summed E-state index contributed by atoms with van der Waals surface area (Å²) in [5.41, 5.74) is 2.84. The summed E-state index contributed by atoms with van der Waals surface area (Å²) in [6.45, 7) is 10.9. The van der Waals surface area contributed by atoms with E-state index < -0.39 is 0 Å². The first-order valence-corrected chi connectivity index (χ1v) is 6.88. The summed E-state index contributed by atoms with van der Waals surface area (Å²) in [4.78, 5) is 12.4. The number of methoxy groups -OCH3 is 1. The number of ketones is 1. The fourth-order valence-electron chi connectivity index (χ4n) is 2.22. The van der Waals surface area contributed by atoms with Gasteiger partial charge in [-0.3, -0.25) is 4.79 Å². The molecule has 1 aromatic carbocycles. The van der Waals surface area contributed by atoms with Crippen LogP contribution in [0, 0.1) is 6.92 Å². The Balaban J connectivity index is 3.21. The van der Waals surface area contributed by atoms with Gasteiger partial charge in [-0.2, -0.15) is 0 Å². The van der Waals surface area contributed by atoms with Gasteiger partial charge in [0.1, 0.15) is 5.75 Å². The molecule has 0 heterocycles. The number of carbonyl (C=O) groups is 1. The minimum Gasteiger partial charge on any atom is -0.496 e. The van der Waals surface area contributed by atoms with Crippen LogP contribution in [0.4, 0.5) is 0 Å². The number of hydrogen-bond acceptors (Lipinski definition) is 3. The molecule has 3 heteroatoms. The third-order valence-corrected chi connectivity index (χ3v) is 3.37. The standard InChI is InChI=1S/C16H25NO2/c1-7-17-12(5)16(18)14-9-13(10(2)3)15(19-6)8-11(14)4/h8-10,12,17H,7H2,1-6H3. The maximum Gasteiger partial charge on any atom is 0.179 e. The number of likely N-dealkylation sites (N-methyl/N-ethyl adjacent to an activating group) is 1. The van der Waals surface area contributed by atoms with Gasteiger partial charge in [-0.25, -0.2) is 0 Å². The van der Waals surface area contributed by atoms with Crippen molar-refractivity contribution < 1.29 is 9.53 Å². The number of benzene rings is 1. The molecule has 3 nitrogen and oxygen atoms in total. The number of aryl methyl sites for hydroxylation is 1. The van der Waals surface area contributed by atoms with E-state index in [9.17, 15) is 4.79 Å². The summed E-state index contributed by atoms with van der Waals surface area (Å²) >= 11 is 0. The predicted octanol–water partition coefficient (Wildman–Crippen LogP) is 3.31. The molecule has 1 rings (SSSR count). The zero-order chi connectivity index (χ0) is 14.6. The van der Waals surface area contributed by atoms with Crippen LogP contribution in [-0.2, 0) is 0 Å². The van der Waals surface area contributed by atoms with Crippen LogP contribution >= 0.6 is 0 Å². The Morgan fingerprint density at radius 3 is 2.42 bits per heavy atom. The summed E-state index contributed by atoms with van der Waals surface area (Å²) in [7, 11) is 1.67. The van der Waals surface area contributed by atoms with Gasteiger partial charge in [-0.15, -0.1) is 0 Å². The van der Waals surface area contributed by atoms with Gasteiger partial charge in [0, 0.05) is 5.56 Å². The Kier molecular flexibility index (Phi) is 5.55. The molecule has 0 saturated carbocycles. The highest BCUT2D eigenvalue weighted by molar-refractivity contribution is 6.01. The van der Waals surface area contributed by atoms with Crippen LogP contribution < -0.4 is 10.1 Å². The second kappa shape index (κ2) is 6.71. The number of Topliss-reactive ketones (excluding diaryl/α,β-unsaturated/α-hetero) is 1. The van der Waals surface area contributed by atoms with Crippen molar-refractivity contribution in [3.05, 3.63) is 28.8 Å². The predicted molar refractivity (Wildman–Crippen MR) is 79.3 cm³/mol. The molecule has 1 aromatic rings. The number of hydrogen-bond donors (Lipinski definition) is 1. The van der Waals surface area contributed by atoms with Gasteiger partial charge in [0.25, 0.3) is 0 Å². The van der Waals surface area contributed by atoms with Gasteiger partial charge in [-0.05, 0) is 49.6 Å². The van der Waals surface area contributed by atoms with Crippen molar-refractivity contribution in [1.82, 2.24) is 5.32 Å². The normalized spacial score (nSPS) is 12.6. The Morgan fingerprint density at radius 2 is 1.95 bits per heavy atom. The van der Waals surface area contributed by atoms with Gasteiger partial charge in [0.2, 0.25) is 0 Å². The quantitative estimate of drug-likeness (QED) is 0.800. The summed E-state index contributed by atoms with van der Waals surface area (Å²) in [6, 6.07) is 3.79. The van der Waals surface area contributed by atoms with E-state index in [1.165, 1.54) is 0 Å². The molecule has 1 atom stereocenters. The van der Waals surface area contributed by atoms with E-state index in [0.29, 0.717) is 5.92 Å². The molecule has 0 amide bonds. The Bertz CT molecular complexity index is 452. The molecule has 0 bridgehead atoms. The van der Waals surface area contributed by atoms with E-state index in [1.54, 1.807) is 7.11 Å². The number of carbonyl (C=O) groups excluding carboxylic acids is 1. The van der Waals surface area contributed by atoms with Crippen LogP contribution in [0.2, 0.25) is 0 Å². The number of nitrogens with one attached hydrogen (secondary N) is 1. The molecule has 0 aliphatic rings. The molecule has 19 heavy (non-hydrogen) atoms. The average Bonchev–Trinajstić information content (AvgIpc) is 2.37. The maximum atomic E-state index is 12.4. The van der Waals surface area contributed by atoms with Gasteiger partial charge in [0.05, 0.1) is 13.2 Å². The van der Waals surface area contributed by atoms with Crippen molar-refractivity contribution in [2.24, 2.45) is 0 Å². The van der Waals surface area contributed by atoms with Crippen molar-refractivity contribution in [3.8, 4) is 5.75 Å². The van der Waals surface area contributed by atoms with E-state index in [1.807, 2.05) is 32.9 Å². The van der Waals surface area contributed by atoms with Crippen molar-refractivity contribution in [2.45, 2.75) is 46.6 Å². The zero-order valence-electron chi connectivity index (χ0n) is 12.8. The first kappa shape index (κ1) is 15.7. The highest BCUT2D eigenvalue weighted by Gasteiger charge is 2.19. The lowest BCUT2D eigenvalue weighted by atomic mass is 9.93. The first-order valence-electron chi connectivity index (χ1n) is 6.88. The van der Waals surface area contributed by atoms with Crippen LogP contribution in [0.3, 0.4) is 0 Å². The Hall–Kier alpha value is -1.35. The van der Waals surface area contributed by atoms with Gasteiger partial charge in [0.15, 0.2) is 5.78 Å². The summed E-state index contributed by atoms with van der Waals surface area (Å²) in [6.07, 6.45) is 0. The number of ether oxygens (including phenoxy) is 1. The number of rotatable bonds is 6. The Morgan fingerprint density at radius 1 is 1.32 bits per heavy atom. The van der Waals surface area contributed by atoms with E-state index in [4.69, 9.17) is 4.74 Å². The van der Waals surface area contributed by atoms with Crippen LogP contribution in [0.25, 0.3) is 0 Å². The molecule has 0 fully saturated rings. The van der Waals surface area contributed by atoms with E-state index in [2.05, 4.69) is 19.2 Å². The third kappa shape index (κ3) is 3.57. The molecule has 1 unspecified atom stereocenters. The molecular weight excluding hydrogens is 238 g/mol. The van der Waals surface area contributed by atoms with Gasteiger partial charge >= 0.3 is 0 Å². The lowest BCUT2D eigenvalue weighted by Gasteiger charge is -2.18. The largest absolute Gasteiger partial charge is 0.496 e. The van der Waals surface area contributed by atoms with Crippen molar-refractivity contribution in [1.29, 1.82) is 0 Å². The second-order valence-electron chi connectivity index (χ2n) is 5.21. The minimum absolute atomic E-state index is 0.143. The lowest BCUT2D eigenvalue weighted by molar-refractivity contribution is 0.0951. The molecule has 0 aromatic heterocycles. The topological polar surface area (TPSA) is 38.3 Å². The molecule has 106 valence electrons. The Labute approximate surface area is 116 Å². The van der Waals surface area contributed by atoms with Crippen molar-refractivity contribution in [3.63, 3.8) is 0 Å². The van der Waals surface area contributed by atoms with Crippen molar-refractivity contribution in [2.75, 3.05) is 13.7 Å². The summed E-state index contributed by atoms with van der Waals surface area (Å²) < 4.78 is 5.40. The first-order chi connectivity index (χ1) is 8.92. The molecule has 0 aliphatic heterocycles. The lowest BCUT2D eigenvalue weighted by Crippen LogP contribution is -2.34. The highest BCUT2D eigenvalue weighted by Crippen LogP contribution is 2.30. The second-order valence-corrected chi connectivity index (χ2v) is 5.21. The monoisotopic (exact) mass is 263 g/mol. The summed E-state index contributed by atoms with van der Waals surface area (Å²) in [5, 5.41) is 3.17. The van der Waals surface area contributed by atoms with Crippen LogP contribution in [-0.4, -0.2) is 25.5 Å². The molecule has 0 spiro atoms. The SMILES string of the molecule is CCNC(C)C(=O)c1cc(C(C)C)c(OC)cc1C. The van der Waals surface area contributed by atoms with Crippen LogP contribution in [0.1, 0.15) is 55.1 Å². The molecule has 0 aliphatic carbocycles. The maximum absolute atomic E-state index is 12.4.